The molecule has 1 aliphatic heterocycles. The van der Waals surface area contributed by atoms with E-state index in [1.54, 1.807) is 13.0 Å². The molecule has 0 aliphatic carbocycles. The summed E-state index contributed by atoms with van der Waals surface area (Å²) in [6.07, 6.45) is 0.932. The van der Waals surface area contributed by atoms with Gasteiger partial charge in [-0.2, -0.15) is 0 Å². The summed E-state index contributed by atoms with van der Waals surface area (Å²) in [5, 5.41) is 18.6. The van der Waals surface area contributed by atoms with E-state index in [0.29, 0.717) is 0 Å². The van der Waals surface area contributed by atoms with Gasteiger partial charge in [-0.3, -0.25) is 4.79 Å². The molecule has 0 saturated heterocycles. The SMILES string of the molecule is Cc1cc(O)cc(OC(=O)CC2(C)C=C(O)C(=O)O2)c1. The van der Waals surface area contributed by atoms with E-state index in [9.17, 15) is 19.8 Å². The second-order valence-electron chi connectivity index (χ2n) is 4.89. The van der Waals surface area contributed by atoms with Gasteiger partial charge < -0.3 is 19.7 Å². The Hall–Kier alpha value is -2.50. The molecule has 1 atom stereocenters. The average Bonchev–Trinajstić information content (AvgIpc) is 2.49. The molecule has 0 radical (unpaired) electrons. The first-order chi connectivity index (χ1) is 9.27. The third kappa shape index (κ3) is 3.09. The standard InChI is InChI=1S/C14H14O6/c1-8-3-9(15)5-10(4-8)19-12(17)7-14(2)6-11(16)13(18)20-14/h3-6,15-16H,7H2,1-2H3. The first-order valence-electron chi connectivity index (χ1n) is 5.94. The van der Waals surface area contributed by atoms with E-state index in [1.165, 1.54) is 25.1 Å². The molecule has 6 nitrogen and oxygen atoms in total. The van der Waals surface area contributed by atoms with Crippen LogP contribution in [0.2, 0.25) is 0 Å². The molecule has 0 amide bonds. The Bertz CT molecular complexity index is 583. The minimum absolute atomic E-state index is 0.0103. The minimum atomic E-state index is -1.22. The number of hydrogen-bond acceptors (Lipinski definition) is 6. The molecule has 20 heavy (non-hydrogen) atoms. The van der Waals surface area contributed by atoms with Gasteiger partial charge >= 0.3 is 11.9 Å². The third-order valence-electron chi connectivity index (χ3n) is 2.74. The first kappa shape index (κ1) is 13.9. The number of aromatic hydroxyl groups is 1. The van der Waals surface area contributed by atoms with E-state index >= 15 is 0 Å². The number of phenols is 1. The zero-order chi connectivity index (χ0) is 14.9. The summed E-state index contributed by atoms with van der Waals surface area (Å²) in [5.41, 5.74) is -0.478. The van der Waals surface area contributed by atoms with Crippen molar-refractivity contribution in [3.63, 3.8) is 0 Å². The molecule has 0 aromatic heterocycles. The predicted molar refractivity (Wildman–Crippen MR) is 68.3 cm³/mol. The lowest BCUT2D eigenvalue weighted by Crippen LogP contribution is -2.29. The Morgan fingerprint density at radius 1 is 1.35 bits per heavy atom. The number of hydrogen-bond donors (Lipinski definition) is 2. The molecule has 1 unspecified atom stereocenters. The van der Waals surface area contributed by atoms with Gasteiger partial charge in [-0.15, -0.1) is 0 Å². The monoisotopic (exact) mass is 278 g/mol. The Morgan fingerprint density at radius 3 is 2.60 bits per heavy atom. The maximum absolute atomic E-state index is 11.8. The summed E-state index contributed by atoms with van der Waals surface area (Å²) in [6, 6.07) is 4.42. The molecule has 0 spiro atoms. The van der Waals surface area contributed by atoms with Crippen molar-refractivity contribution in [2.24, 2.45) is 0 Å². The Labute approximate surface area is 115 Å². The van der Waals surface area contributed by atoms with Crippen LogP contribution in [0.15, 0.2) is 30.0 Å². The fraction of sp³-hybridized carbons (Fsp3) is 0.286. The van der Waals surface area contributed by atoms with Crippen LogP contribution < -0.4 is 4.74 Å². The van der Waals surface area contributed by atoms with Gasteiger partial charge in [0.15, 0.2) is 0 Å². The van der Waals surface area contributed by atoms with Gasteiger partial charge in [-0.25, -0.2) is 4.79 Å². The quantitative estimate of drug-likeness (QED) is 0.646. The normalized spacial score (nSPS) is 21.3. The van der Waals surface area contributed by atoms with Gasteiger partial charge in [0.05, 0.1) is 6.42 Å². The summed E-state index contributed by atoms with van der Waals surface area (Å²) in [4.78, 5) is 22.9. The number of carbonyl (C=O) groups is 2. The second-order valence-corrected chi connectivity index (χ2v) is 4.89. The van der Waals surface area contributed by atoms with Gasteiger partial charge in [0.2, 0.25) is 5.76 Å². The lowest BCUT2D eigenvalue weighted by molar-refractivity contribution is -0.151. The zero-order valence-electron chi connectivity index (χ0n) is 11.0. The predicted octanol–water partition coefficient (Wildman–Crippen LogP) is 1.75. The highest BCUT2D eigenvalue weighted by Crippen LogP contribution is 2.28. The number of phenolic OH excluding ortho intramolecular Hbond substituents is 1. The molecular formula is C14H14O6. The molecule has 0 fully saturated rings. The van der Waals surface area contributed by atoms with E-state index in [4.69, 9.17) is 9.47 Å². The van der Waals surface area contributed by atoms with Crippen LogP contribution in [0.3, 0.4) is 0 Å². The van der Waals surface area contributed by atoms with Crippen LogP contribution in [0.25, 0.3) is 0 Å². The molecular weight excluding hydrogens is 264 g/mol. The fourth-order valence-corrected chi connectivity index (χ4v) is 1.97. The summed E-state index contributed by atoms with van der Waals surface area (Å²) >= 11 is 0. The zero-order valence-corrected chi connectivity index (χ0v) is 11.0. The van der Waals surface area contributed by atoms with E-state index in [1.807, 2.05) is 0 Å². The molecule has 0 bridgehead atoms. The van der Waals surface area contributed by atoms with Crippen LogP contribution in [0.1, 0.15) is 18.9 Å². The van der Waals surface area contributed by atoms with Gasteiger partial charge in [0, 0.05) is 12.1 Å². The lowest BCUT2D eigenvalue weighted by atomic mass is 10.0. The van der Waals surface area contributed by atoms with Crippen LogP contribution >= 0.6 is 0 Å². The van der Waals surface area contributed by atoms with Crippen molar-refractivity contribution < 1.29 is 29.3 Å². The molecule has 1 aromatic rings. The van der Waals surface area contributed by atoms with E-state index < -0.39 is 23.3 Å². The van der Waals surface area contributed by atoms with Crippen molar-refractivity contribution in [3.05, 3.63) is 35.6 Å². The van der Waals surface area contributed by atoms with E-state index in [0.717, 1.165) is 5.56 Å². The van der Waals surface area contributed by atoms with Crippen molar-refractivity contribution in [2.75, 3.05) is 0 Å². The summed E-state index contributed by atoms with van der Waals surface area (Å²) in [6.45, 7) is 3.24. The molecule has 1 aromatic carbocycles. The highest BCUT2D eigenvalue weighted by molar-refractivity contribution is 5.89. The first-order valence-corrected chi connectivity index (χ1v) is 5.94. The van der Waals surface area contributed by atoms with Crippen molar-refractivity contribution in [1.82, 2.24) is 0 Å². The number of ether oxygens (including phenoxy) is 2. The van der Waals surface area contributed by atoms with Crippen molar-refractivity contribution in [1.29, 1.82) is 0 Å². The summed E-state index contributed by atoms with van der Waals surface area (Å²) in [7, 11) is 0. The smallest absolute Gasteiger partial charge is 0.374 e. The lowest BCUT2D eigenvalue weighted by Gasteiger charge is -2.19. The molecule has 6 heteroatoms. The summed E-state index contributed by atoms with van der Waals surface area (Å²) < 4.78 is 9.96. The number of aliphatic hydroxyl groups is 1. The number of rotatable bonds is 3. The van der Waals surface area contributed by atoms with Gasteiger partial charge in [-0.05, 0) is 31.5 Å². The second kappa shape index (κ2) is 4.88. The van der Waals surface area contributed by atoms with Crippen LogP contribution in [-0.2, 0) is 14.3 Å². The van der Waals surface area contributed by atoms with Crippen LogP contribution in [-0.4, -0.2) is 27.8 Å². The van der Waals surface area contributed by atoms with Gasteiger partial charge in [0.1, 0.15) is 17.1 Å². The number of esters is 2. The van der Waals surface area contributed by atoms with Crippen LogP contribution in [0.4, 0.5) is 0 Å². The summed E-state index contributed by atoms with van der Waals surface area (Å²) in [5.74, 6) is -1.84. The van der Waals surface area contributed by atoms with Crippen molar-refractivity contribution in [3.8, 4) is 11.5 Å². The largest absolute Gasteiger partial charge is 0.508 e. The molecule has 1 heterocycles. The van der Waals surface area contributed by atoms with Crippen LogP contribution in [0.5, 0.6) is 11.5 Å². The molecule has 106 valence electrons. The molecule has 2 rings (SSSR count). The Balaban J connectivity index is 2.05. The maximum atomic E-state index is 11.8. The highest BCUT2D eigenvalue weighted by Gasteiger charge is 2.38. The Kier molecular flexibility index (Phi) is 3.40. The van der Waals surface area contributed by atoms with Gasteiger partial charge in [-0.1, -0.05) is 0 Å². The molecule has 0 saturated carbocycles. The van der Waals surface area contributed by atoms with Crippen molar-refractivity contribution >= 4 is 11.9 Å². The number of benzene rings is 1. The van der Waals surface area contributed by atoms with E-state index in [-0.39, 0.29) is 17.9 Å². The van der Waals surface area contributed by atoms with Crippen LogP contribution in [0, 0.1) is 6.92 Å². The maximum Gasteiger partial charge on any atom is 0.374 e. The number of aliphatic hydroxyl groups excluding tert-OH is 1. The Morgan fingerprint density at radius 2 is 2.05 bits per heavy atom. The van der Waals surface area contributed by atoms with Gasteiger partial charge in [0.25, 0.3) is 0 Å². The molecule has 2 N–H and O–H groups in total. The highest BCUT2D eigenvalue weighted by atomic mass is 16.6. The number of carbonyl (C=O) groups excluding carboxylic acids is 2. The average molecular weight is 278 g/mol. The third-order valence-corrected chi connectivity index (χ3v) is 2.74. The number of aryl methyl sites for hydroxylation is 1. The van der Waals surface area contributed by atoms with Crippen molar-refractivity contribution in [2.45, 2.75) is 25.9 Å². The fourth-order valence-electron chi connectivity index (χ4n) is 1.97. The number of cyclic esters (lactones) is 1. The topological polar surface area (TPSA) is 93.1 Å². The minimum Gasteiger partial charge on any atom is -0.508 e. The molecule has 1 aliphatic rings. The van der Waals surface area contributed by atoms with E-state index in [2.05, 4.69) is 0 Å².